The molecular formula is C24H33N3O3. The lowest BCUT2D eigenvalue weighted by molar-refractivity contribution is -0.138. The maximum Gasteiger partial charge on any atom is 0.244 e. The Kier molecular flexibility index (Phi) is 7.71. The third-order valence-corrected chi connectivity index (χ3v) is 5.83. The predicted octanol–water partition coefficient (Wildman–Crippen LogP) is 3.04. The van der Waals surface area contributed by atoms with Crippen molar-refractivity contribution in [3.8, 4) is 11.5 Å². The minimum absolute atomic E-state index is 0.191. The zero-order valence-electron chi connectivity index (χ0n) is 18.5. The van der Waals surface area contributed by atoms with Crippen LogP contribution in [0.5, 0.6) is 11.5 Å². The van der Waals surface area contributed by atoms with Crippen LogP contribution in [-0.4, -0.2) is 74.6 Å². The first-order valence-corrected chi connectivity index (χ1v) is 10.5. The molecule has 0 spiro atoms. The second kappa shape index (κ2) is 10.5. The van der Waals surface area contributed by atoms with E-state index < -0.39 is 0 Å². The van der Waals surface area contributed by atoms with Crippen molar-refractivity contribution in [3.05, 3.63) is 59.7 Å². The number of hydrogen-bond acceptors (Lipinski definition) is 5. The summed E-state index contributed by atoms with van der Waals surface area (Å²) in [5, 5.41) is 0. The van der Waals surface area contributed by atoms with Gasteiger partial charge in [0, 0.05) is 32.7 Å². The Hall–Kier alpha value is -2.57. The second-order valence-corrected chi connectivity index (χ2v) is 7.68. The maximum absolute atomic E-state index is 13.4. The van der Waals surface area contributed by atoms with Gasteiger partial charge in [-0.3, -0.25) is 14.6 Å². The van der Waals surface area contributed by atoms with Crippen LogP contribution in [0.2, 0.25) is 0 Å². The summed E-state index contributed by atoms with van der Waals surface area (Å²) in [7, 11) is 5.32. The predicted molar refractivity (Wildman–Crippen MR) is 119 cm³/mol. The van der Waals surface area contributed by atoms with Crippen LogP contribution in [0.1, 0.15) is 24.1 Å². The molecule has 1 aliphatic heterocycles. The number of ether oxygens (including phenoxy) is 2. The highest BCUT2D eigenvalue weighted by atomic mass is 16.5. The highest BCUT2D eigenvalue weighted by Crippen LogP contribution is 2.28. The number of nitrogens with zero attached hydrogens (tertiary/aromatic N) is 3. The molecule has 2 aromatic rings. The number of piperazine rings is 1. The fourth-order valence-electron chi connectivity index (χ4n) is 3.94. The fraction of sp³-hybridized carbons (Fsp3) is 0.458. The summed E-state index contributed by atoms with van der Waals surface area (Å²) in [6.45, 7) is 6.95. The third-order valence-electron chi connectivity index (χ3n) is 5.83. The molecule has 1 aliphatic rings. The molecule has 6 nitrogen and oxygen atoms in total. The van der Waals surface area contributed by atoms with Crippen molar-refractivity contribution < 1.29 is 14.3 Å². The third kappa shape index (κ3) is 5.12. The van der Waals surface area contributed by atoms with Gasteiger partial charge in [-0.05, 0) is 36.9 Å². The number of rotatable bonds is 8. The van der Waals surface area contributed by atoms with Crippen molar-refractivity contribution in [1.29, 1.82) is 0 Å². The molecule has 0 radical (unpaired) electrons. The number of carbonyl (C=O) groups is 1. The number of hydrogen-bond donors (Lipinski definition) is 0. The molecule has 0 bridgehead atoms. The van der Waals surface area contributed by atoms with Crippen molar-refractivity contribution in [2.45, 2.75) is 19.5 Å². The van der Waals surface area contributed by atoms with E-state index in [9.17, 15) is 4.79 Å². The second-order valence-electron chi connectivity index (χ2n) is 7.68. The smallest absolute Gasteiger partial charge is 0.244 e. The van der Waals surface area contributed by atoms with Gasteiger partial charge in [0.25, 0.3) is 0 Å². The maximum atomic E-state index is 13.4. The van der Waals surface area contributed by atoms with Crippen LogP contribution in [0.3, 0.4) is 0 Å². The van der Waals surface area contributed by atoms with Crippen LogP contribution < -0.4 is 9.47 Å². The van der Waals surface area contributed by atoms with Gasteiger partial charge < -0.3 is 14.4 Å². The lowest BCUT2D eigenvalue weighted by Crippen LogP contribution is -2.51. The van der Waals surface area contributed by atoms with E-state index in [1.54, 1.807) is 14.2 Å². The van der Waals surface area contributed by atoms with Crippen LogP contribution in [0, 0.1) is 0 Å². The molecule has 0 aromatic heterocycles. The zero-order chi connectivity index (χ0) is 21.5. The summed E-state index contributed by atoms with van der Waals surface area (Å²) < 4.78 is 10.7. The van der Waals surface area contributed by atoms with Crippen molar-refractivity contribution >= 4 is 5.91 Å². The molecule has 3 rings (SSSR count). The number of methoxy groups -OCH3 is 2. The molecule has 30 heavy (non-hydrogen) atoms. The van der Waals surface area contributed by atoms with Gasteiger partial charge in [-0.15, -0.1) is 0 Å². The summed E-state index contributed by atoms with van der Waals surface area (Å²) in [6.07, 6.45) is 0. The van der Waals surface area contributed by atoms with E-state index in [1.807, 2.05) is 54.4 Å². The molecule has 2 aromatic carbocycles. The van der Waals surface area contributed by atoms with Crippen LogP contribution in [0.15, 0.2) is 48.5 Å². The number of benzene rings is 2. The van der Waals surface area contributed by atoms with Gasteiger partial charge in [-0.25, -0.2) is 0 Å². The van der Waals surface area contributed by atoms with Gasteiger partial charge in [-0.2, -0.15) is 0 Å². The van der Waals surface area contributed by atoms with Crippen LogP contribution in [0.4, 0.5) is 0 Å². The molecule has 0 N–H and O–H groups in total. The Morgan fingerprint density at radius 3 is 2.27 bits per heavy atom. The molecule has 0 aliphatic carbocycles. The van der Waals surface area contributed by atoms with Crippen LogP contribution in [0.25, 0.3) is 0 Å². The van der Waals surface area contributed by atoms with Crippen molar-refractivity contribution in [2.24, 2.45) is 0 Å². The van der Waals surface area contributed by atoms with E-state index >= 15 is 0 Å². The molecule has 1 heterocycles. The summed E-state index contributed by atoms with van der Waals surface area (Å²) in [5.41, 5.74) is 2.24. The van der Waals surface area contributed by atoms with E-state index in [2.05, 4.69) is 22.8 Å². The van der Waals surface area contributed by atoms with E-state index in [0.717, 1.165) is 56.3 Å². The summed E-state index contributed by atoms with van der Waals surface area (Å²) in [5.74, 6) is 1.68. The average Bonchev–Trinajstić information content (AvgIpc) is 2.80. The van der Waals surface area contributed by atoms with Crippen LogP contribution in [-0.2, 0) is 11.3 Å². The average molecular weight is 412 g/mol. The van der Waals surface area contributed by atoms with Crippen LogP contribution >= 0.6 is 0 Å². The first kappa shape index (κ1) is 22.1. The Morgan fingerprint density at radius 1 is 1.00 bits per heavy atom. The quantitative estimate of drug-likeness (QED) is 0.668. The molecule has 1 amide bonds. The Bertz CT molecular complexity index is 820. The highest BCUT2D eigenvalue weighted by Gasteiger charge is 2.30. The molecule has 162 valence electrons. The molecule has 6 heteroatoms. The highest BCUT2D eigenvalue weighted by molar-refractivity contribution is 5.83. The zero-order valence-corrected chi connectivity index (χ0v) is 18.5. The molecular weight excluding hydrogens is 378 g/mol. The van der Waals surface area contributed by atoms with E-state index in [4.69, 9.17) is 9.47 Å². The molecule has 0 saturated carbocycles. The molecule has 1 fully saturated rings. The first-order valence-electron chi connectivity index (χ1n) is 10.5. The minimum atomic E-state index is -0.228. The molecule has 1 saturated heterocycles. The van der Waals surface area contributed by atoms with Crippen molar-refractivity contribution in [2.75, 3.05) is 54.0 Å². The van der Waals surface area contributed by atoms with Gasteiger partial charge in [-0.1, -0.05) is 43.3 Å². The van der Waals surface area contributed by atoms with Crippen molar-refractivity contribution in [1.82, 2.24) is 14.7 Å². The van der Waals surface area contributed by atoms with Gasteiger partial charge in [0.05, 0.1) is 14.2 Å². The largest absolute Gasteiger partial charge is 0.493 e. The topological polar surface area (TPSA) is 45.3 Å². The Labute approximate surface area is 180 Å². The van der Waals surface area contributed by atoms with Gasteiger partial charge in [0.2, 0.25) is 5.91 Å². The van der Waals surface area contributed by atoms with E-state index in [0.29, 0.717) is 0 Å². The molecule has 1 atom stereocenters. The van der Waals surface area contributed by atoms with Gasteiger partial charge in [0.15, 0.2) is 11.5 Å². The lowest BCUT2D eigenvalue weighted by atomic mass is 10.0. The summed E-state index contributed by atoms with van der Waals surface area (Å²) >= 11 is 0. The minimum Gasteiger partial charge on any atom is -0.493 e. The monoisotopic (exact) mass is 411 g/mol. The van der Waals surface area contributed by atoms with Gasteiger partial charge >= 0.3 is 0 Å². The first-order chi connectivity index (χ1) is 14.6. The van der Waals surface area contributed by atoms with E-state index in [1.165, 1.54) is 5.56 Å². The fourth-order valence-corrected chi connectivity index (χ4v) is 3.94. The molecule has 1 unspecified atom stereocenters. The Balaban J connectivity index is 1.62. The lowest BCUT2D eigenvalue weighted by Gasteiger charge is -2.38. The normalized spacial score (nSPS) is 15.8. The SMILES string of the molecule is CCN(C)C(C(=O)N1CCN(Cc2ccc(OC)c(OC)c2)CC1)c1ccccc1. The summed E-state index contributed by atoms with van der Waals surface area (Å²) in [6, 6.07) is 15.9. The number of carbonyl (C=O) groups excluding carboxylic acids is 1. The number of likely N-dealkylation sites (N-methyl/N-ethyl adjacent to an activating group) is 1. The Morgan fingerprint density at radius 2 is 1.67 bits per heavy atom. The van der Waals surface area contributed by atoms with E-state index in [-0.39, 0.29) is 11.9 Å². The number of amides is 1. The van der Waals surface area contributed by atoms with Gasteiger partial charge in [0.1, 0.15) is 6.04 Å². The standard InChI is InChI=1S/C24H33N3O3/c1-5-25(2)23(20-9-7-6-8-10-20)24(28)27-15-13-26(14-16-27)18-19-11-12-21(29-3)22(17-19)30-4/h6-12,17,23H,5,13-16,18H2,1-4H3. The summed E-state index contributed by atoms with van der Waals surface area (Å²) in [4.78, 5) is 19.9. The van der Waals surface area contributed by atoms with Crippen molar-refractivity contribution in [3.63, 3.8) is 0 Å².